The fourth-order valence-electron chi connectivity index (χ4n) is 2.77. The third-order valence-electron chi connectivity index (χ3n) is 3.81. The van der Waals surface area contributed by atoms with Crippen molar-refractivity contribution in [3.8, 4) is 0 Å². The summed E-state index contributed by atoms with van der Waals surface area (Å²) in [5.41, 5.74) is 1.72. The van der Waals surface area contributed by atoms with Crippen LogP contribution < -0.4 is 0 Å². The van der Waals surface area contributed by atoms with E-state index < -0.39 is 21.7 Å². The molecule has 0 aromatic heterocycles. The maximum atomic E-state index is 12.3. The molecule has 1 aromatic rings. The van der Waals surface area contributed by atoms with Crippen LogP contribution in [-0.2, 0) is 21.7 Å². The molecule has 0 N–H and O–H groups in total. The number of carbonyl (C=O) groups is 1. The Labute approximate surface area is 156 Å². The van der Waals surface area contributed by atoms with Gasteiger partial charge in [-0.2, -0.15) is 0 Å². The number of carbonyl (C=O) groups excluding carboxylic acids is 1. The Morgan fingerprint density at radius 1 is 1.38 bits per heavy atom. The molecule has 1 atom stereocenters. The van der Waals surface area contributed by atoms with Gasteiger partial charge in [0.05, 0.1) is 11.2 Å². The molecule has 1 aliphatic heterocycles. The first-order valence-electron chi connectivity index (χ1n) is 8.31. The average molecular weight is 380 g/mol. The Morgan fingerprint density at radius 2 is 2.08 bits per heavy atom. The smallest absolute Gasteiger partial charge is 0.410 e. The molecule has 0 saturated heterocycles. The lowest BCUT2D eigenvalue weighted by molar-refractivity contribution is -0.384. The molecule has 0 fully saturated rings. The average Bonchev–Trinajstić information content (AvgIpc) is 2.52. The standard InChI is InChI=1S/C18H24N2O5S/c1-18(2,3)25-17(21)19-9-5-6-13(11-19)16-8-7-15(20(22)23)10-14(16)12-26(4)24/h6-8,10H,5,9,11-12H2,1-4H3. The second-order valence-electron chi connectivity index (χ2n) is 7.24. The maximum absolute atomic E-state index is 12.3. The first-order valence-corrected chi connectivity index (χ1v) is 10.0. The monoisotopic (exact) mass is 380 g/mol. The summed E-state index contributed by atoms with van der Waals surface area (Å²) in [6, 6.07) is 4.57. The van der Waals surface area contributed by atoms with Crippen LogP contribution in [0.5, 0.6) is 0 Å². The van der Waals surface area contributed by atoms with E-state index in [9.17, 15) is 19.5 Å². The highest BCUT2D eigenvalue weighted by atomic mass is 32.2. The molecular formula is C18H24N2O5S. The van der Waals surface area contributed by atoms with Crippen molar-refractivity contribution in [1.29, 1.82) is 0 Å². The quantitative estimate of drug-likeness (QED) is 0.452. The topological polar surface area (TPSA) is 95.7 Å². The van der Waals surface area contributed by atoms with Crippen molar-refractivity contribution in [2.45, 2.75) is 38.5 Å². The zero-order valence-electron chi connectivity index (χ0n) is 15.5. The molecule has 2 rings (SSSR count). The van der Waals surface area contributed by atoms with Gasteiger partial charge in [0.15, 0.2) is 0 Å². The van der Waals surface area contributed by atoms with Crippen LogP contribution in [0.4, 0.5) is 10.5 Å². The van der Waals surface area contributed by atoms with Gasteiger partial charge in [-0.25, -0.2) is 4.79 Å². The van der Waals surface area contributed by atoms with Crippen molar-refractivity contribution >= 4 is 28.5 Å². The van der Waals surface area contributed by atoms with Crippen LogP contribution in [0.1, 0.15) is 38.3 Å². The van der Waals surface area contributed by atoms with Gasteiger partial charge in [0.2, 0.25) is 0 Å². The van der Waals surface area contributed by atoms with Gasteiger partial charge in [0.1, 0.15) is 11.4 Å². The van der Waals surface area contributed by atoms with Crippen molar-refractivity contribution in [3.05, 3.63) is 45.5 Å². The van der Waals surface area contributed by atoms with Crippen molar-refractivity contribution < 1.29 is 19.0 Å². The Balaban J connectivity index is 2.28. The van der Waals surface area contributed by atoms with E-state index in [4.69, 9.17) is 4.74 Å². The number of nitro groups is 1. The van der Waals surface area contributed by atoms with E-state index in [0.717, 1.165) is 11.1 Å². The molecule has 0 radical (unpaired) electrons. The third-order valence-corrected chi connectivity index (χ3v) is 4.52. The number of rotatable bonds is 4. The summed E-state index contributed by atoms with van der Waals surface area (Å²) in [5, 5.41) is 11.0. The second kappa shape index (κ2) is 8.09. The molecule has 142 valence electrons. The Bertz CT molecular complexity index is 725. The van der Waals surface area contributed by atoms with Crippen LogP contribution >= 0.6 is 0 Å². The lowest BCUT2D eigenvalue weighted by atomic mass is 9.96. The summed E-state index contributed by atoms with van der Waals surface area (Å²) in [5.74, 6) is 0.223. The highest BCUT2D eigenvalue weighted by Crippen LogP contribution is 2.29. The van der Waals surface area contributed by atoms with E-state index in [-0.39, 0.29) is 17.5 Å². The van der Waals surface area contributed by atoms with Crippen molar-refractivity contribution in [3.63, 3.8) is 0 Å². The van der Waals surface area contributed by atoms with E-state index in [1.165, 1.54) is 12.1 Å². The van der Waals surface area contributed by atoms with Gasteiger partial charge < -0.3 is 14.2 Å². The number of amides is 1. The van der Waals surface area contributed by atoms with E-state index in [1.807, 2.05) is 26.8 Å². The molecule has 26 heavy (non-hydrogen) atoms. The number of hydrogen-bond donors (Lipinski definition) is 0. The highest BCUT2D eigenvalue weighted by molar-refractivity contribution is 7.89. The van der Waals surface area contributed by atoms with Gasteiger partial charge >= 0.3 is 6.09 Å². The molecule has 1 unspecified atom stereocenters. The van der Waals surface area contributed by atoms with Gasteiger partial charge in [-0.1, -0.05) is 17.3 Å². The first kappa shape index (κ1) is 20.3. The van der Waals surface area contributed by atoms with Crippen LogP contribution in [-0.4, -0.2) is 45.4 Å². The Morgan fingerprint density at radius 3 is 2.65 bits per heavy atom. The van der Waals surface area contributed by atoms with Crippen molar-refractivity contribution in [2.75, 3.05) is 19.3 Å². The predicted molar refractivity (Wildman–Crippen MR) is 101 cm³/mol. The van der Waals surface area contributed by atoms with Crippen LogP contribution in [0.3, 0.4) is 0 Å². The summed E-state index contributed by atoms with van der Waals surface area (Å²) in [6.07, 6.45) is 3.86. The molecule has 0 bridgehead atoms. The number of benzene rings is 1. The van der Waals surface area contributed by atoms with Gasteiger partial charge in [-0.3, -0.25) is 10.1 Å². The summed E-state index contributed by atoms with van der Waals surface area (Å²) in [7, 11) is 0. The van der Waals surface area contributed by atoms with E-state index in [2.05, 4.69) is 0 Å². The van der Waals surface area contributed by atoms with Gasteiger partial charge in [0.25, 0.3) is 5.69 Å². The van der Waals surface area contributed by atoms with E-state index in [1.54, 1.807) is 17.2 Å². The number of ether oxygens (including phenoxy) is 1. The van der Waals surface area contributed by atoms with Gasteiger partial charge in [-0.15, -0.1) is 0 Å². The molecule has 1 aromatic carbocycles. The molecular weight excluding hydrogens is 356 g/mol. The van der Waals surface area contributed by atoms with E-state index in [0.29, 0.717) is 25.1 Å². The Kier molecular flexibility index (Phi) is 6.30. The largest absolute Gasteiger partial charge is 0.616 e. The van der Waals surface area contributed by atoms with Crippen LogP contribution in [0.25, 0.3) is 5.57 Å². The summed E-state index contributed by atoms with van der Waals surface area (Å²) < 4.78 is 17.1. The molecule has 1 aliphatic rings. The third kappa shape index (κ3) is 5.47. The van der Waals surface area contributed by atoms with Gasteiger partial charge in [-0.05, 0) is 44.4 Å². The van der Waals surface area contributed by atoms with Crippen molar-refractivity contribution in [2.24, 2.45) is 0 Å². The normalized spacial score (nSPS) is 16.0. The maximum Gasteiger partial charge on any atom is 0.410 e. The molecule has 0 spiro atoms. The highest BCUT2D eigenvalue weighted by Gasteiger charge is 2.26. The zero-order valence-corrected chi connectivity index (χ0v) is 16.3. The molecule has 1 heterocycles. The van der Waals surface area contributed by atoms with Crippen molar-refractivity contribution in [1.82, 2.24) is 4.90 Å². The number of nitrogens with zero attached hydrogens (tertiary/aromatic N) is 2. The van der Waals surface area contributed by atoms with Crippen LogP contribution in [0.2, 0.25) is 0 Å². The SMILES string of the molecule is C[S+]([O-])Cc1cc([N+](=O)[O-])ccc1C1=CCCN(C(=O)OC(C)(C)C)C1. The van der Waals surface area contributed by atoms with Gasteiger partial charge in [0, 0.05) is 30.8 Å². The molecule has 7 nitrogen and oxygen atoms in total. The molecule has 0 saturated carbocycles. The molecule has 0 aliphatic carbocycles. The zero-order chi connectivity index (χ0) is 19.5. The lowest BCUT2D eigenvalue weighted by Crippen LogP contribution is -2.39. The molecule has 1 amide bonds. The van der Waals surface area contributed by atoms with Crippen LogP contribution in [0.15, 0.2) is 24.3 Å². The predicted octanol–water partition coefficient (Wildman–Crippen LogP) is 3.50. The second-order valence-corrected chi connectivity index (χ2v) is 8.67. The minimum absolute atomic E-state index is 0.0328. The first-order chi connectivity index (χ1) is 12.1. The fourth-order valence-corrected chi connectivity index (χ4v) is 3.44. The minimum Gasteiger partial charge on any atom is -0.616 e. The fraction of sp³-hybridized carbons (Fsp3) is 0.500. The number of non-ortho nitro benzene ring substituents is 1. The summed E-state index contributed by atoms with van der Waals surface area (Å²) in [4.78, 5) is 24.5. The van der Waals surface area contributed by atoms with E-state index >= 15 is 0 Å². The number of hydrogen-bond acceptors (Lipinski definition) is 5. The van der Waals surface area contributed by atoms with Crippen LogP contribution in [0, 0.1) is 10.1 Å². The number of nitro benzene ring substituents is 1. The Hall–Kier alpha value is -2.06. The summed E-state index contributed by atoms with van der Waals surface area (Å²) >= 11 is -1.14. The summed E-state index contributed by atoms with van der Waals surface area (Å²) in [6.45, 7) is 6.36. The molecule has 8 heteroatoms. The lowest BCUT2D eigenvalue weighted by Gasteiger charge is -2.30. The minimum atomic E-state index is -1.14.